The highest BCUT2D eigenvalue weighted by molar-refractivity contribution is 5.27. The summed E-state index contributed by atoms with van der Waals surface area (Å²) < 4.78 is 0. The zero-order chi connectivity index (χ0) is 15.2. The Morgan fingerprint density at radius 2 is 1.65 bits per heavy atom. The van der Waals surface area contributed by atoms with Gasteiger partial charge in [-0.1, -0.05) is 72.2 Å². The number of rotatable bonds is 7. The summed E-state index contributed by atoms with van der Waals surface area (Å²) in [4.78, 5) is 0. The van der Waals surface area contributed by atoms with E-state index in [1.54, 1.807) is 0 Å². The van der Waals surface area contributed by atoms with Crippen LogP contribution in [0.2, 0.25) is 0 Å². The third-order valence-corrected chi connectivity index (χ3v) is 3.86. The van der Waals surface area contributed by atoms with Crippen LogP contribution in [0.1, 0.15) is 65.5 Å². The van der Waals surface area contributed by atoms with Crippen LogP contribution in [0.5, 0.6) is 0 Å². The average molecular weight is 275 g/mol. The fourth-order valence-corrected chi connectivity index (χ4v) is 2.56. The molecule has 0 aliphatic carbocycles. The molecule has 0 fully saturated rings. The van der Waals surface area contributed by atoms with Gasteiger partial charge in [0.2, 0.25) is 0 Å². The summed E-state index contributed by atoms with van der Waals surface area (Å²) in [5.74, 6) is 0.753. The predicted molar refractivity (Wildman–Crippen MR) is 90.4 cm³/mol. The molecule has 1 unspecified atom stereocenters. The van der Waals surface area contributed by atoms with E-state index in [0.717, 1.165) is 12.5 Å². The molecule has 0 radical (unpaired) electrons. The molecule has 1 nitrogen and oxygen atoms in total. The minimum Gasteiger partial charge on any atom is -0.314 e. The van der Waals surface area contributed by atoms with E-state index in [0.29, 0.717) is 6.04 Å². The summed E-state index contributed by atoms with van der Waals surface area (Å²) in [5, 5.41) is 3.59. The van der Waals surface area contributed by atoms with Gasteiger partial charge in [-0.25, -0.2) is 0 Å². The zero-order valence-electron chi connectivity index (χ0n) is 14.3. The Labute approximate surface area is 126 Å². The van der Waals surface area contributed by atoms with E-state index in [2.05, 4.69) is 71.1 Å². The molecule has 0 amide bonds. The summed E-state index contributed by atoms with van der Waals surface area (Å²) in [6.07, 6.45) is 3.77. The quantitative estimate of drug-likeness (QED) is 0.743. The van der Waals surface area contributed by atoms with E-state index in [-0.39, 0.29) is 5.41 Å². The van der Waals surface area contributed by atoms with E-state index in [9.17, 15) is 0 Å². The van der Waals surface area contributed by atoms with Crippen molar-refractivity contribution in [1.29, 1.82) is 0 Å². The fraction of sp³-hybridized carbons (Fsp3) is 0.684. The van der Waals surface area contributed by atoms with Crippen molar-refractivity contribution in [2.45, 2.75) is 72.3 Å². The molecule has 0 saturated heterocycles. The molecule has 1 aromatic carbocycles. The predicted octanol–water partition coefficient (Wildman–Crippen LogP) is 4.94. The molecule has 0 aromatic heterocycles. The Morgan fingerprint density at radius 3 is 2.10 bits per heavy atom. The SMILES string of the molecule is CCCC(CNC(C)C)Cc1ccc(C(C)(C)C)cc1. The molecular weight excluding hydrogens is 242 g/mol. The molecule has 1 N–H and O–H groups in total. The van der Waals surface area contributed by atoms with Crippen LogP contribution < -0.4 is 5.32 Å². The van der Waals surface area contributed by atoms with Crippen LogP contribution in [0.25, 0.3) is 0 Å². The van der Waals surface area contributed by atoms with Gasteiger partial charge in [0.15, 0.2) is 0 Å². The maximum atomic E-state index is 3.59. The molecule has 114 valence electrons. The molecule has 0 bridgehead atoms. The molecule has 0 aliphatic rings. The minimum atomic E-state index is 0.251. The largest absolute Gasteiger partial charge is 0.314 e. The van der Waals surface area contributed by atoms with Crippen molar-refractivity contribution in [3.05, 3.63) is 35.4 Å². The van der Waals surface area contributed by atoms with Crippen LogP contribution in [-0.2, 0) is 11.8 Å². The molecule has 0 saturated carbocycles. The van der Waals surface area contributed by atoms with Crippen LogP contribution in [0.15, 0.2) is 24.3 Å². The average Bonchev–Trinajstić information content (AvgIpc) is 2.36. The highest BCUT2D eigenvalue weighted by atomic mass is 14.9. The van der Waals surface area contributed by atoms with Crippen LogP contribution >= 0.6 is 0 Å². The molecule has 1 aromatic rings. The van der Waals surface area contributed by atoms with Crippen molar-refractivity contribution in [2.75, 3.05) is 6.54 Å². The Kier molecular flexibility index (Phi) is 6.75. The number of hydrogen-bond acceptors (Lipinski definition) is 1. The molecule has 1 heteroatoms. The first-order valence-corrected chi connectivity index (χ1v) is 8.15. The lowest BCUT2D eigenvalue weighted by Gasteiger charge is -2.21. The Bertz CT molecular complexity index is 370. The van der Waals surface area contributed by atoms with Crippen LogP contribution in [0.3, 0.4) is 0 Å². The van der Waals surface area contributed by atoms with Gasteiger partial charge < -0.3 is 5.32 Å². The van der Waals surface area contributed by atoms with E-state index in [4.69, 9.17) is 0 Å². The van der Waals surface area contributed by atoms with Gasteiger partial charge in [-0.15, -0.1) is 0 Å². The lowest BCUT2D eigenvalue weighted by molar-refractivity contribution is 0.418. The fourth-order valence-electron chi connectivity index (χ4n) is 2.56. The molecule has 1 atom stereocenters. The van der Waals surface area contributed by atoms with Gasteiger partial charge in [0, 0.05) is 6.04 Å². The second-order valence-corrected chi connectivity index (χ2v) is 7.37. The smallest absolute Gasteiger partial charge is 0.00104 e. The third-order valence-electron chi connectivity index (χ3n) is 3.86. The van der Waals surface area contributed by atoms with E-state index >= 15 is 0 Å². The molecule has 0 spiro atoms. The highest BCUT2D eigenvalue weighted by Crippen LogP contribution is 2.23. The monoisotopic (exact) mass is 275 g/mol. The molecule has 1 rings (SSSR count). The summed E-state index contributed by atoms with van der Waals surface area (Å²) in [6, 6.07) is 9.82. The Morgan fingerprint density at radius 1 is 1.05 bits per heavy atom. The van der Waals surface area contributed by atoms with Crippen LogP contribution in [-0.4, -0.2) is 12.6 Å². The lowest BCUT2D eigenvalue weighted by atomic mass is 9.85. The standard InChI is InChI=1S/C19H33N/c1-7-8-17(14-20-15(2)3)13-16-9-11-18(12-10-16)19(4,5)6/h9-12,15,17,20H,7-8,13-14H2,1-6H3. The number of nitrogens with one attached hydrogen (secondary N) is 1. The van der Waals surface area contributed by atoms with Gasteiger partial charge in [-0.2, -0.15) is 0 Å². The van der Waals surface area contributed by atoms with E-state index in [1.807, 2.05) is 0 Å². The second-order valence-electron chi connectivity index (χ2n) is 7.37. The van der Waals surface area contributed by atoms with Crippen molar-refractivity contribution in [1.82, 2.24) is 5.32 Å². The van der Waals surface area contributed by atoms with Crippen molar-refractivity contribution in [3.63, 3.8) is 0 Å². The summed E-state index contributed by atoms with van der Waals surface area (Å²) >= 11 is 0. The topological polar surface area (TPSA) is 12.0 Å². The lowest BCUT2D eigenvalue weighted by Crippen LogP contribution is -2.30. The Hall–Kier alpha value is -0.820. The first-order valence-electron chi connectivity index (χ1n) is 8.15. The number of hydrogen-bond donors (Lipinski definition) is 1. The maximum absolute atomic E-state index is 3.59. The molecular formula is C19H33N. The molecule has 0 aliphatic heterocycles. The molecule has 0 heterocycles. The van der Waals surface area contributed by atoms with E-state index < -0.39 is 0 Å². The number of benzene rings is 1. The van der Waals surface area contributed by atoms with Gasteiger partial charge in [0.25, 0.3) is 0 Å². The first kappa shape index (κ1) is 17.2. The summed E-state index contributed by atoms with van der Waals surface area (Å²) in [7, 11) is 0. The highest BCUT2D eigenvalue weighted by Gasteiger charge is 2.14. The summed E-state index contributed by atoms with van der Waals surface area (Å²) in [5.41, 5.74) is 3.15. The van der Waals surface area contributed by atoms with Gasteiger partial charge in [-0.3, -0.25) is 0 Å². The second kappa shape index (κ2) is 7.83. The molecule has 20 heavy (non-hydrogen) atoms. The van der Waals surface area contributed by atoms with Gasteiger partial charge >= 0.3 is 0 Å². The zero-order valence-corrected chi connectivity index (χ0v) is 14.3. The van der Waals surface area contributed by atoms with Crippen molar-refractivity contribution < 1.29 is 0 Å². The van der Waals surface area contributed by atoms with Gasteiger partial charge in [0.1, 0.15) is 0 Å². The normalized spacial score (nSPS) is 13.8. The van der Waals surface area contributed by atoms with Gasteiger partial charge in [0.05, 0.1) is 0 Å². The minimum absolute atomic E-state index is 0.251. The van der Waals surface area contributed by atoms with Crippen LogP contribution in [0, 0.1) is 5.92 Å². The third kappa shape index (κ3) is 6.09. The van der Waals surface area contributed by atoms with Crippen molar-refractivity contribution >= 4 is 0 Å². The summed E-state index contributed by atoms with van der Waals surface area (Å²) in [6.45, 7) is 14.7. The first-order chi connectivity index (χ1) is 9.32. The van der Waals surface area contributed by atoms with Crippen molar-refractivity contribution in [3.8, 4) is 0 Å². The van der Waals surface area contributed by atoms with Crippen LogP contribution in [0.4, 0.5) is 0 Å². The van der Waals surface area contributed by atoms with Crippen molar-refractivity contribution in [2.24, 2.45) is 5.92 Å². The Balaban J connectivity index is 2.64. The maximum Gasteiger partial charge on any atom is 0.00104 e. The van der Waals surface area contributed by atoms with Gasteiger partial charge in [-0.05, 0) is 41.8 Å². The van der Waals surface area contributed by atoms with E-state index in [1.165, 1.54) is 30.4 Å².